The first kappa shape index (κ1) is 9.74. The van der Waals surface area contributed by atoms with Gasteiger partial charge < -0.3 is 9.52 Å². The Morgan fingerprint density at radius 1 is 1.62 bits per heavy atom. The SMILES string of the molecule is CC=C(C)c1ccc(CO)c(=O)o1. The maximum Gasteiger partial charge on any atom is 0.341 e. The van der Waals surface area contributed by atoms with Crippen LogP contribution in [0.4, 0.5) is 0 Å². The van der Waals surface area contributed by atoms with E-state index < -0.39 is 5.63 Å². The van der Waals surface area contributed by atoms with E-state index >= 15 is 0 Å². The normalized spacial score (nSPS) is 11.8. The van der Waals surface area contributed by atoms with E-state index in [1.807, 2.05) is 19.9 Å². The van der Waals surface area contributed by atoms with Crippen LogP contribution in [0.25, 0.3) is 5.57 Å². The van der Waals surface area contributed by atoms with Gasteiger partial charge in [0, 0.05) is 0 Å². The molecular formula is C10H12O3. The van der Waals surface area contributed by atoms with Crippen molar-refractivity contribution in [3.63, 3.8) is 0 Å². The minimum atomic E-state index is -0.471. The van der Waals surface area contributed by atoms with Crippen molar-refractivity contribution in [2.75, 3.05) is 0 Å². The summed E-state index contributed by atoms with van der Waals surface area (Å²) in [7, 11) is 0. The van der Waals surface area contributed by atoms with Gasteiger partial charge in [-0.15, -0.1) is 0 Å². The quantitative estimate of drug-likeness (QED) is 0.751. The molecule has 0 fully saturated rings. The molecule has 0 aliphatic rings. The molecule has 0 aliphatic heterocycles. The van der Waals surface area contributed by atoms with Crippen molar-refractivity contribution in [1.82, 2.24) is 0 Å². The lowest BCUT2D eigenvalue weighted by Gasteiger charge is -1.99. The van der Waals surface area contributed by atoms with Crippen LogP contribution in [0.2, 0.25) is 0 Å². The van der Waals surface area contributed by atoms with Crippen molar-refractivity contribution >= 4 is 5.57 Å². The average Bonchev–Trinajstić information content (AvgIpc) is 2.16. The maximum absolute atomic E-state index is 11.1. The second kappa shape index (κ2) is 4.05. The van der Waals surface area contributed by atoms with Gasteiger partial charge in [-0.25, -0.2) is 4.79 Å². The first-order valence-electron chi connectivity index (χ1n) is 4.06. The minimum Gasteiger partial charge on any atom is -0.423 e. The van der Waals surface area contributed by atoms with E-state index in [9.17, 15) is 4.79 Å². The summed E-state index contributed by atoms with van der Waals surface area (Å²) in [6.45, 7) is 3.45. The second-order valence-corrected chi connectivity index (χ2v) is 2.74. The molecule has 0 aliphatic carbocycles. The van der Waals surface area contributed by atoms with Gasteiger partial charge in [0.25, 0.3) is 0 Å². The molecule has 0 unspecified atom stereocenters. The summed E-state index contributed by atoms with van der Waals surface area (Å²) in [6.07, 6.45) is 1.86. The highest BCUT2D eigenvalue weighted by Gasteiger charge is 2.02. The van der Waals surface area contributed by atoms with Gasteiger partial charge in [-0.1, -0.05) is 6.08 Å². The van der Waals surface area contributed by atoms with Gasteiger partial charge in [-0.3, -0.25) is 0 Å². The molecule has 0 saturated heterocycles. The molecule has 3 heteroatoms. The number of aliphatic hydroxyl groups excluding tert-OH is 1. The highest BCUT2D eigenvalue weighted by Crippen LogP contribution is 2.11. The Bertz CT molecular complexity index is 374. The summed E-state index contributed by atoms with van der Waals surface area (Å²) in [5.74, 6) is 0.546. The Morgan fingerprint density at radius 2 is 2.31 bits per heavy atom. The lowest BCUT2D eigenvalue weighted by molar-refractivity contribution is 0.274. The molecule has 0 spiro atoms. The predicted octanol–water partition coefficient (Wildman–Crippen LogP) is 1.56. The second-order valence-electron chi connectivity index (χ2n) is 2.74. The third kappa shape index (κ3) is 2.06. The van der Waals surface area contributed by atoms with Crippen molar-refractivity contribution in [2.45, 2.75) is 20.5 Å². The van der Waals surface area contributed by atoms with Crippen LogP contribution in [0.1, 0.15) is 25.2 Å². The fourth-order valence-electron chi connectivity index (χ4n) is 0.915. The van der Waals surface area contributed by atoms with Gasteiger partial charge in [0.05, 0.1) is 12.2 Å². The van der Waals surface area contributed by atoms with Crippen LogP contribution < -0.4 is 5.63 Å². The molecule has 3 nitrogen and oxygen atoms in total. The smallest absolute Gasteiger partial charge is 0.341 e. The van der Waals surface area contributed by atoms with Crippen molar-refractivity contribution in [3.05, 3.63) is 40.0 Å². The largest absolute Gasteiger partial charge is 0.423 e. The zero-order valence-corrected chi connectivity index (χ0v) is 7.70. The molecule has 0 saturated carbocycles. The summed E-state index contributed by atoms with van der Waals surface area (Å²) in [4.78, 5) is 11.1. The summed E-state index contributed by atoms with van der Waals surface area (Å²) >= 11 is 0. The topological polar surface area (TPSA) is 50.4 Å². The molecule has 1 heterocycles. The third-order valence-electron chi connectivity index (χ3n) is 1.89. The Morgan fingerprint density at radius 3 is 2.77 bits per heavy atom. The molecule has 0 amide bonds. The van der Waals surface area contributed by atoms with E-state index in [1.165, 1.54) is 0 Å². The molecule has 1 aromatic rings. The fourth-order valence-corrected chi connectivity index (χ4v) is 0.915. The van der Waals surface area contributed by atoms with Crippen molar-refractivity contribution in [2.24, 2.45) is 0 Å². The maximum atomic E-state index is 11.1. The van der Waals surface area contributed by atoms with E-state index in [0.29, 0.717) is 5.76 Å². The van der Waals surface area contributed by atoms with E-state index in [-0.39, 0.29) is 12.2 Å². The molecule has 0 radical (unpaired) electrons. The highest BCUT2D eigenvalue weighted by atomic mass is 16.4. The number of allylic oxidation sites excluding steroid dienone is 2. The molecule has 1 rings (SSSR count). The average molecular weight is 180 g/mol. The van der Waals surface area contributed by atoms with Gasteiger partial charge in [-0.05, 0) is 31.6 Å². The number of rotatable bonds is 2. The van der Waals surface area contributed by atoms with Gasteiger partial charge in [0.15, 0.2) is 0 Å². The molecule has 0 bridgehead atoms. The molecule has 0 aromatic carbocycles. The molecular weight excluding hydrogens is 168 g/mol. The van der Waals surface area contributed by atoms with Gasteiger partial charge in [-0.2, -0.15) is 0 Å². The summed E-state index contributed by atoms with van der Waals surface area (Å²) in [5, 5.41) is 8.73. The predicted molar refractivity (Wildman–Crippen MR) is 50.2 cm³/mol. The molecule has 13 heavy (non-hydrogen) atoms. The number of hydrogen-bond donors (Lipinski definition) is 1. The fraction of sp³-hybridized carbons (Fsp3) is 0.300. The lowest BCUT2D eigenvalue weighted by Crippen LogP contribution is -2.07. The first-order valence-corrected chi connectivity index (χ1v) is 4.06. The van der Waals surface area contributed by atoms with Crippen LogP contribution in [0.5, 0.6) is 0 Å². The third-order valence-corrected chi connectivity index (χ3v) is 1.89. The zero-order chi connectivity index (χ0) is 9.84. The summed E-state index contributed by atoms with van der Waals surface area (Å²) in [6, 6.07) is 3.26. The van der Waals surface area contributed by atoms with E-state index in [0.717, 1.165) is 5.57 Å². The van der Waals surface area contributed by atoms with Gasteiger partial charge in [0.1, 0.15) is 5.76 Å². The summed E-state index contributed by atoms with van der Waals surface area (Å²) < 4.78 is 4.97. The summed E-state index contributed by atoms with van der Waals surface area (Å²) in [5.41, 5.74) is 0.718. The van der Waals surface area contributed by atoms with Gasteiger partial charge in [0.2, 0.25) is 0 Å². The highest BCUT2D eigenvalue weighted by molar-refractivity contribution is 5.58. The zero-order valence-electron chi connectivity index (χ0n) is 7.70. The number of aliphatic hydroxyl groups is 1. The Labute approximate surface area is 76.3 Å². The Hall–Kier alpha value is -1.35. The number of hydrogen-bond acceptors (Lipinski definition) is 3. The van der Waals surface area contributed by atoms with Crippen LogP contribution in [-0.2, 0) is 6.61 Å². The minimum absolute atomic E-state index is 0.280. The van der Waals surface area contributed by atoms with Crippen LogP contribution in [0.15, 0.2) is 27.4 Å². The first-order chi connectivity index (χ1) is 6.19. The van der Waals surface area contributed by atoms with E-state index in [2.05, 4.69) is 0 Å². The van der Waals surface area contributed by atoms with E-state index in [4.69, 9.17) is 9.52 Å². The van der Waals surface area contributed by atoms with Crippen molar-refractivity contribution < 1.29 is 9.52 Å². The molecule has 1 aromatic heterocycles. The molecule has 0 atom stereocenters. The monoisotopic (exact) mass is 180 g/mol. The Kier molecular flexibility index (Phi) is 3.03. The van der Waals surface area contributed by atoms with Crippen molar-refractivity contribution in [1.29, 1.82) is 0 Å². The van der Waals surface area contributed by atoms with Crippen LogP contribution in [0.3, 0.4) is 0 Å². The van der Waals surface area contributed by atoms with Crippen LogP contribution in [0, 0.1) is 0 Å². The van der Waals surface area contributed by atoms with Gasteiger partial charge >= 0.3 is 5.63 Å². The van der Waals surface area contributed by atoms with Crippen LogP contribution >= 0.6 is 0 Å². The standard InChI is InChI=1S/C10H12O3/c1-3-7(2)9-5-4-8(6-11)10(12)13-9/h3-5,11H,6H2,1-2H3. The Balaban J connectivity index is 3.18. The van der Waals surface area contributed by atoms with E-state index in [1.54, 1.807) is 12.1 Å². The molecule has 70 valence electrons. The van der Waals surface area contributed by atoms with Crippen LogP contribution in [-0.4, -0.2) is 5.11 Å². The lowest BCUT2D eigenvalue weighted by atomic mass is 10.2. The molecule has 1 N–H and O–H groups in total. The van der Waals surface area contributed by atoms with Crippen molar-refractivity contribution in [3.8, 4) is 0 Å².